The zero-order valence-corrected chi connectivity index (χ0v) is 12.3. The maximum absolute atomic E-state index is 10.1. The third-order valence-electron chi connectivity index (χ3n) is 4.33. The van der Waals surface area contributed by atoms with E-state index < -0.39 is 0 Å². The van der Waals surface area contributed by atoms with Crippen LogP contribution in [0, 0.1) is 0 Å². The highest BCUT2D eigenvalue weighted by atomic mass is 16.5. The Kier molecular flexibility index (Phi) is 3.84. The first-order valence-electron chi connectivity index (χ1n) is 7.39. The van der Waals surface area contributed by atoms with E-state index in [9.17, 15) is 5.11 Å². The average Bonchev–Trinajstić information content (AvgIpc) is 2.56. The number of hydrogen-bond acceptors (Lipinski definition) is 3. The average molecular weight is 283 g/mol. The zero-order chi connectivity index (χ0) is 14.7. The van der Waals surface area contributed by atoms with E-state index in [4.69, 9.17) is 4.74 Å². The predicted octanol–water partition coefficient (Wildman–Crippen LogP) is 3.33. The van der Waals surface area contributed by atoms with Gasteiger partial charge in [0.25, 0.3) is 0 Å². The van der Waals surface area contributed by atoms with Crippen LogP contribution in [0.4, 0.5) is 5.69 Å². The van der Waals surface area contributed by atoms with Gasteiger partial charge in [-0.15, -0.1) is 0 Å². The van der Waals surface area contributed by atoms with Crippen LogP contribution in [0.2, 0.25) is 0 Å². The Balaban J connectivity index is 1.94. The van der Waals surface area contributed by atoms with Crippen molar-refractivity contribution in [1.29, 1.82) is 0 Å². The molecule has 1 aliphatic rings. The van der Waals surface area contributed by atoms with Crippen LogP contribution in [0.15, 0.2) is 48.5 Å². The number of methoxy groups -OCH3 is 1. The van der Waals surface area contributed by atoms with Crippen molar-refractivity contribution in [2.24, 2.45) is 0 Å². The molecule has 0 saturated carbocycles. The van der Waals surface area contributed by atoms with Gasteiger partial charge in [0, 0.05) is 5.69 Å². The first kappa shape index (κ1) is 14.0. The molecule has 2 aromatic rings. The normalized spacial score (nSPS) is 20.7. The van der Waals surface area contributed by atoms with Crippen LogP contribution in [0.5, 0.6) is 5.75 Å². The van der Waals surface area contributed by atoms with Crippen LogP contribution >= 0.6 is 0 Å². The fraction of sp³-hybridized carbons (Fsp3) is 0.333. The van der Waals surface area contributed by atoms with Gasteiger partial charge in [-0.25, -0.2) is 0 Å². The second kappa shape index (κ2) is 5.78. The van der Waals surface area contributed by atoms with Gasteiger partial charge in [0.1, 0.15) is 5.75 Å². The van der Waals surface area contributed by atoms with Gasteiger partial charge in [0.05, 0.1) is 19.3 Å². The van der Waals surface area contributed by atoms with Gasteiger partial charge >= 0.3 is 0 Å². The van der Waals surface area contributed by atoms with Crippen molar-refractivity contribution in [1.82, 2.24) is 0 Å². The highest BCUT2D eigenvalue weighted by Gasteiger charge is 2.35. The Morgan fingerprint density at radius 3 is 2.62 bits per heavy atom. The van der Waals surface area contributed by atoms with E-state index >= 15 is 0 Å². The van der Waals surface area contributed by atoms with Crippen LogP contribution in [0.3, 0.4) is 0 Å². The molecule has 110 valence electrons. The lowest BCUT2D eigenvalue weighted by atomic mass is 9.77. The molecule has 0 aromatic heterocycles. The SMILES string of the molecule is COc1ccc(NC2(CO)CCCc3ccccc32)cc1. The summed E-state index contributed by atoms with van der Waals surface area (Å²) in [4.78, 5) is 0. The molecule has 2 aromatic carbocycles. The number of anilines is 1. The summed E-state index contributed by atoms with van der Waals surface area (Å²) >= 11 is 0. The molecule has 0 spiro atoms. The lowest BCUT2D eigenvalue weighted by Crippen LogP contribution is -2.42. The standard InChI is InChI=1S/C18H21NO2/c1-21-16-10-8-15(9-11-16)19-18(13-20)12-4-6-14-5-2-3-7-17(14)18/h2-3,5,7-11,19-20H,4,6,12-13H2,1H3. The molecule has 2 N–H and O–H groups in total. The molecular formula is C18H21NO2. The Labute approximate surface area is 125 Å². The number of nitrogens with one attached hydrogen (secondary N) is 1. The third kappa shape index (κ3) is 2.61. The number of aliphatic hydroxyl groups excluding tert-OH is 1. The van der Waals surface area contributed by atoms with Crippen LogP contribution < -0.4 is 10.1 Å². The van der Waals surface area contributed by atoms with Crippen LogP contribution in [0.1, 0.15) is 24.0 Å². The first-order valence-corrected chi connectivity index (χ1v) is 7.39. The number of fused-ring (bicyclic) bond motifs is 1. The molecule has 0 aliphatic heterocycles. The van der Waals surface area contributed by atoms with Gasteiger partial charge in [-0.3, -0.25) is 0 Å². The quantitative estimate of drug-likeness (QED) is 0.904. The second-order valence-corrected chi connectivity index (χ2v) is 5.60. The predicted molar refractivity (Wildman–Crippen MR) is 84.8 cm³/mol. The van der Waals surface area contributed by atoms with E-state index in [1.165, 1.54) is 11.1 Å². The molecule has 1 unspecified atom stereocenters. The molecule has 3 heteroatoms. The first-order chi connectivity index (χ1) is 10.3. The van der Waals surface area contributed by atoms with E-state index in [0.717, 1.165) is 30.7 Å². The van der Waals surface area contributed by atoms with E-state index in [1.54, 1.807) is 7.11 Å². The summed E-state index contributed by atoms with van der Waals surface area (Å²) in [6.07, 6.45) is 3.11. The maximum Gasteiger partial charge on any atom is 0.119 e. The molecule has 3 rings (SSSR count). The molecule has 0 heterocycles. The van der Waals surface area contributed by atoms with E-state index in [1.807, 2.05) is 30.3 Å². The minimum atomic E-state index is -0.385. The topological polar surface area (TPSA) is 41.5 Å². The van der Waals surface area contributed by atoms with Crippen molar-refractivity contribution >= 4 is 5.69 Å². The summed E-state index contributed by atoms with van der Waals surface area (Å²) in [5.74, 6) is 0.836. The molecule has 0 fully saturated rings. The minimum absolute atomic E-state index is 0.0933. The summed E-state index contributed by atoms with van der Waals surface area (Å²) in [6.45, 7) is 0.0933. The van der Waals surface area contributed by atoms with E-state index in [2.05, 4.69) is 23.5 Å². The van der Waals surface area contributed by atoms with Gasteiger partial charge < -0.3 is 15.2 Å². The summed E-state index contributed by atoms with van der Waals surface area (Å²) in [6, 6.07) is 16.3. The van der Waals surface area contributed by atoms with Crippen molar-refractivity contribution in [2.45, 2.75) is 24.8 Å². The number of aliphatic hydroxyl groups is 1. The third-order valence-corrected chi connectivity index (χ3v) is 4.33. The Morgan fingerprint density at radius 2 is 1.90 bits per heavy atom. The van der Waals surface area contributed by atoms with Gasteiger partial charge in [-0.05, 0) is 54.7 Å². The van der Waals surface area contributed by atoms with Gasteiger partial charge in [-0.1, -0.05) is 24.3 Å². The van der Waals surface area contributed by atoms with Gasteiger partial charge in [0.15, 0.2) is 0 Å². The van der Waals surface area contributed by atoms with Crippen LogP contribution in [0.25, 0.3) is 0 Å². The second-order valence-electron chi connectivity index (χ2n) is 5.60. The highest BCUT2D eigenvalue weighted by molar-refractivity contribution is 5.52. The van der Waals surface area contributed by atoms with Gasteiger partial charge in [-0.2, -0.15) is 0 Å². The van der Waals surface area contributed by atoms with Crippen LogP contribution in [-0.4, -0.2) is 18.8 Å². The summed E-state index contributed by atoms with van der Waals surface area (Å²) < 4.78 is 5.19. The zero-order valence-electron chi connectivity index (χ0n) is 12.3. The largest absolute Gasteiger partial charge is 0.497 e. The molecule has 3 nitrogen and oxygen atoms in total. The Bertz CT molecular complexity index is 609. The van der Waals surface area contributed by atoms with Gasteiger partial charge in [0.2, 0.25) is 0 Å². The van der Waals surface area contributed by atoms with Crippen molar-refractivity contribution < 1.29 is 9.84 Å². The van der Waals surface area contributed by atoms with Crippen molar-refractivity contribution in [3.63, 3.8) is 0 Å². The number of rotatable bonds is 4. The van der Waals surface area contributed by atoms with Crippen LogP contribution in [-0.2, 0) is 12.0 Å². The lowest BCUT2D eigenvalue weighted by Gasteiger charge is -2.39. The van der Waals surface area contributed by atoms with E-state index in [-0.39, 0.29) is 12.1 Å². The smallest absolute Gasteiger partial charge is 0.119 e. The number of benzene rings is 2. The van der Waals surface area contributed by atoms with E-state index in [0.29, 0.717) is 0 Å². The molecule has 0 amide bonds. The summed E-state index contributed by atoms with van der Waals surface area (Å²) in [7, 11) is 1.66. The fourth-order valence-corrected chi connectivity index (χ4v) is 3.20. The molecule has 21 heavy (non-hydrogen) atoms. The molecular weight excluding hydrogens is 262 g/mol. The monoisotopic (exact) mass is 283 g/mol. The number of hydrogen-bond donors (Lipinski definition) is 2. The highest BCUT2D eigenvalue weighted by Crippen LogP contribution is 2.38. The molecule has 1 atom stereocenters. The Morgan fingerprint density at radius 1 is 1.14 bits per heavy atom. The molecule has 0 bridgehead atoms. The molecule has 0 radical (unpaired) electrons. The number of ether oxygens (including phenoxy) is 1. The Hall–Kier alpha value is -2.00. The fourth-order valence-electron chi connectivity index (χ4n) is 3.20. The minimum Gasteiger partial charge on any atom is -0.497 e. The summed E-state index contributed by atoms with van der Waals surface area (Å²) in [5, 5.41) is 13.6. The number of aryl methyl sites for hydroxylation is 1. The van der Waals surface area contributed by atoms with Crippen molar-refractivity contribution in [3.05, 3.63) is 59.7 Å². The summed E-state index contributed by atoms with van der Waals surface area (Å²) in [5.41, 5.74) is 3.17. The maximum atomic E-state index is 10.1. The molecule has 1 aliphatic carbocycles. The van der Waals surface area contributed by atoms with Crippen molar-refractivity contribution in [2.75, 3.05) is 19.0 Å². The molecule has 0 saturated heterocycles. The van der Waals surface area contributed by atoms with Crippen molar-refractivity contribution in [3.8, 4) is 5.75 Å². The lowest BCUT2D eigenvalue weighted by molar-refractivity contribution is 0.194.